The Morgan fingerprint density at radius 2 is 2.29 bits per heavy atom. The number of aromatic nitrogens is 1. The molecule has 1 N–H and O–H groups in total. The van der Waals surface area contributed by atoms with E-state index in [1.807, 2.05) is 12.1 Å². The van der Waals surface area contributed by atoms with E-state index in [4.69, 9.17) is 0 Å². The Hall–Kier alpha value is -0.740. The highest BCUT2D eigenvalue weighted by Gasteiger charge is 2.20. The predicted molar refractivity (Wildman–Crippen MR) is 57.4 cm³/mol. The molecule has 2 rings (SSSR count). The second-order valence-corrected chi connectivity index (χ2v) is 5.21. The Morgan fingerprint density at radius 1 is 1.50 bits per heavy atom. The first-order valence-electron chi connectivity index (χ1n) is 4.83. The van der Waals surface area contributed by atoms with Crippen molar-refractivity contribution in [1.29, 1.82) is 0 Å². The fraction of sp³-hybridized carbons (Fsp3) is 0.500. The van der Waals surface area contributed by atoms with Gasteiger partial charge in [-0.25, -0.2) is 0 Å². The molecule has 0 aliphatic carbocycles. The monoisotopic (exact) mass is 210 g/mol. The molecular formula is C10H14N2OS. The molecule has 1 saturated heterocycles. The van der Waals surface area contributed by atoms with E-state index in [0.717, 1.165) is 25.1 Å². The number of nitrogens with one attached hydrogen (secondary N) is 1. The maximum atomic E-state index is 11.9. The van der Waals surface area contributed by atoms with Crippen molar-refractivity contribution in [3.05, 3.63) is 30.1 Å². The first kappa shape index (κ1) is 9.80. The minimum atomic E-state index is -0.737. The van der Waals surface area contributed by atoms with E-state index in [0.29, 0.717) is 11.0 Å². The molecule has 0 unspecified atom stereocenters. The van der Waals surface area contributed by atoms with Crippen LogP contribution in [0.5, 0.6) is 0 Å². The molecule has 76 valence electrons. The number of nitrogens with zero attached hydrogens (tertiary/aromatic N) is 1. The molecule has 1 aromatic heterocycles. The van der Waals surface area contributed by atoms with Gasteiger partial charge in [0.1, 0.15) is 0 Å². The zero-order valence-electron chi connectivity index (χ0n) is 7.98. The van der Waals surface area contributed by atoms with E-state index in [9.17, 15) is 4.21 Å². The van der Waals surface area contributed by atoms with Crippen LogP contribution in [0.2, 0.25) is 0 Å². The normalized spacial score (nSPS) is 23.6. The van der Waals surface area contributed by atoms with Gasteiger partial charge in [0.15, 0.2) is 0 Å². The molecule has 1 aromatic rings. The third-order valence-corrected chi connectivity index (χ3v) is 4.21. The largest absolute Gasteiger partial charge is 0.315 e. The van der Waals surface area contributed by atoms with Gasteiger partial charge in [-0.05, 0) is 30.7 Å². The van der Waals surface area contributed by atoms with Crippen molar-refractivity contribution in [3.8, 4) is 0 Å². The number of hydrogen-bond donors (Lipinski definition) is 1. The van der Waals surface area contributed by atoms with Gasteiger partial charge in [-0.3, -0.25) is 9.19 Å². The van der Waals surface area contributed by atoms with Crippen LogP contribution in [-0.4, -0.2) is 27.5 Å². The highest BCUT2D eigenvalue weighted by atomic mass is 32.2. The lowest BCUT2D eigenvalue weighted by molar-refractivity contribution is 0.672. The van der Waals surface area contributed by atoms with E-state index < -0.39 is 10.8 Å². The highest BCUT2D eigenvalue weighted by Crippen LogP contribution is 2.11. The van der Waals surface area contributed by atoms with Crippen LogP contribution >= 0.6 is 0 Å². The average Bonchev–Trinajstić information content (AvgIpc) is 2.72. The minimum absolute atomic E-state index is 0.336. The first-order valence-corrected chi connectivity index (χ1v) is 6.21. The summed E-state index contributed by atoms with van der Waals surface area (Å²) in [6, 6.07) is 3.86. The molecule has 0 aromatic carbocycles. The number of pyridine rings is 1. The maximum Gasteiger partial charge on any atom is 0.0490 e. The Balaban J connectivity index is 1.94. The summed E-state index contributed by atoms with van der Waals surface area (Å²) in [7, 11) is -0.737. The van der Waals surface area contributed by atoms with Gasteiger partial charge in [0, 0.05) is 40.7 Å². The van der Waals surface area contributed by atoms with Gasteiger partial charge in [-0.15, -0.1) is 0 Å². The van der Waals surface area contributed by atoms with Crippen LogP contribution < -0.4 is 5.32 Å². The summed E-state index contributed by atoms with van der Waals surface area (Å²) in [5.41, 5.74) is 1.12. The van der Waals surface area contributed by atoms with Crippen LogP contribution in [0.1, 0.15) is 12.0 Å². The minimum Gasteiger partial charge on any atom is -0.315 e. The Kier molecular flexibility index (Phi) is 3.26. The van der Waals surface area contributed by atoms with Gasteiger partial charge in [0.05, 0.1) is 0 Å². The van der Waals surface area contributed by atoms with Gasteiger partial charge in [-0.1, -0.05) is 0 Å². The summed E-state index contributed by atoms with van der Waals surface area (Å²) in [5.74, 6) is 0.662. The molecule has 0 bridgehead atoms. The SMILES string of the molecule is O=[S@@](Cc1ccncc1)[C@@H]1CCNC1. The summed E-state index contributed by atoms with van der Waals surface area (Å²) in [6.45, 7) is 1.91. The van der Waals surface area contributed by atoms with Crippen LogP contribution in [-0.2, 0) is 16.6 Å². The molecule has 1 aliphatic heterocycles. The second-order valence-electron chi connectivity index (χ2n) is 3.50. The average molecular weight is 210 g/mol. The Bertz CT molecular complexity index is 309. The fourth-order valence-corrected chi connectivity index (χ4v) is 3.05. The zero-order chi connectivity index (χ0) is 9.80. The third kappa shape index (κ3) is 2.39. The molecule has 14 heavy (non-hydrogen) atoms. The van der Waals surface area contributed by atoms with Crippen LogP contribution in [0.3, 0.4) is 0 Å². The van der Waals surface area contributed by atoms with Gasteiger partial charge in [0.25, 0.3) is 0 Å². The van der Waals surface area contributed by atoms with E-state index in [2.05, 4.69) is 10.3 Å². The summed E-state index contributed by atoms with van der Waals surface area (Å²) in [6.07, 6.45) is 4.54. The summed E-state index contributed by atoms with van der Waals surface area (Å²) < 4.78 is 11.9. The molecule has 1 aliphatic rings. The van der Waals surface area contributed by atoms with E-state index in [1.165, 1.54) is 0 Å². The molecule has 0 spiro atoms. The molecule has 0 saturated carbocycles. The summed E-state index contributed by atoms with van der Waals surface area (Å²) in [5, 5.41) is 3.57. The van der Waals surface area contributed by atoms with Crippen molar-refractivity contribution in [2.24, 2.45) is 0 Å². The van der Waals surface area contributed by atoms with Crippen LogP contribution in [0, 0.1) is 0 Å². The van der Waals surface area contributed by atoms with Crippen molar-refractivity contribution < 1.29 is 4.21 Å². The van der Waals surface area contributed by atoms with Crippen molar-refractivity contribution in [2.45, 2.75) is 17.4 Å². The molecule has 0 radical (unpaired) electrons. The second kappa shape index (κ2) is 4.66. The first-order chi connectivity index (χ1) is 6.86. The lowest BCUT2D eigenvalue weighted by Crippen LogP contribution is -2.19. The molecular weight excluding hydrogens is 196 g/mol. The van der Waals surface area contributed by atoms with Gasteiger partial charge < -0.3 is 5.32 Å². The number of hydrogen-bond acceptors (Lipinski definition) is 3. The molecule has 2 heterocycles. The highest BCUT2D eigenvalue weighted by molar-refractivity contribution is 7.84. The third-order valence-electron chi connectivity index (χ3n) is 2.45. The van der Waals surface area contributed by atoms with Crippen LogP contribution in [0.25, 0.3) is 0 Å². The van der Waals surface area contributed by atoms with E-state index in [-0.39, 0.29) is 0 Å². The van der Waals surface area contributed by atoms with Crippen molar-refractivity contribution >= 4 is 10.8 Å². The van der Waals surface area contributed by atoms with Crippen molar-refractivity contribution in [2.75, 3.05) is 13.1 Å². The quantitative estimate of drug-likeness (QED) is 0.798. The van der Waals surface area contributed by atoms with Crippen molar-refractivity contribution in [1.82, 2.24) is 10.3 Å². The van der Waals surface area contributed by atoms with Gasteiger partial charge >= 0.3 is 0 Å². The molecule has 4 heteroatoms. The van der Waals surface area contributed by atoms with Crippen LogP contribution in [0.4, 0.5) is 0 Å². The standard InChI is InChI=1S/C10H14N2OS/c13-14(10-3-6-12-7-10)8-9-1-4-11-5-2-9/h1-2,4-5,10,12H,3,6-8H2/t10-,14+/m1/s1. The topological polar surface area (TPSA) is 42.0 Å². The fourth-order valence-electron chi connectivity index (χ4n) is 1.61. The van der Waals surface area contributed by atoms with E-state index >= 15 is 0 Å². The molecule has 3 nitrogen and oxygen atoms in total. The van der Waals surface area contributed by atoms with Gasteiger partial charge in [-0.2, -0.15) is 0 Å². The molecule has 2 atom stereocenters. The van der Waals surface area contributed by atoms with E-state index in [1.54, 1.807) is 12.4 Å². The molecule has 1 fully saturated rings. The van der Waals surface area contributed by atoms with Crippen molar-refractivity contribution in [3.63, 3.8) is 0 Å². The Labute approximate surface area is 86.4 Å². The van der Waals surface area contributed by atoms with Crippen LogP contribution in [0.15, 0.2) is 24.5 Å². The molecule has 0 amide bonds. The maximum absolute atomic E-state index is 11.9. The smallest absolute Gasteiger partial charge is 0.0490 e. The zero-order valence-corrected chi connectivity index (χ0v) is 8.80. The lowest BCUT2D eigenvalue weighted by Gasteiger charge is -2.07. The summed E-state index contributed by atoms with van der Waals surface area (Å²) >= 11 is 0. The van der Waals surface area contributed by atoms with Gasteiger partial charge in [0.2, 0.25) is 0 Å². The predicted octanol–water partition coefficient (Wildman–Crippen LogP) is 0.692. The Morgan fingerprint density at radius 3 is 2.93 bits per heavy atom. The lowest BCUT2D eigenvalue weighted by atomic mass is 10.3. The summed E-state index contributed by atoms with van der Waals surface area (Å²) in [4.78, 5) is 3.94. The number of rotatable bonds is 3.